The minimum Gasteiger partial charge on any atom is -0.385 e. The van der Waals surface area contributed by atoms with E-state index in [1.807, 2.05) is 56.6 Å². The number of H-pyrrole nitrogens is 1. The molecule has 6 heteroatoms. The number of amidine groups is 1. The molecule has 0 aliphatic carbocycles. The van der Waals surface area contributed by atoms with E-state index in [-0.39, 0.29) is 5.91 Å². The van der Waals surface area contributed by atoms with Crippen LogP contribution in [0.2, 0.25) is 0 Å². The highest BCUT2D eigenvalue weighted by molar-refractivity contribution is 6.04. The molecule has 2 aromatic carbocycles. The number of piperidine rings is 1. The Hall–Kier alpha value is -3.54. The smallest absolute Gasteiger partial charge is 0.255 e. The first-order valence-electron chi connectivity index (χ1n) is 10.7. The number of nitrogens with two attached hydrogens (primary N) is 1. The quantitative estimate of drug-likeness (QED) is 0.436. The molecule has 4 N–H and O–H groups in total. The van der Waals surface area contributed by atoms with E-state index in [2.05, 4.69) is 38.4 Å². The Kier molecular flexibility index (Phi) is 6.07. The largest absolute Gasteiger partial charge is 0.385 e. The van der Waals surface area contributed by atoms with Crippen molar-refractivity contribution in [2.75, 3.05) is 31.2 Å². The number of anilines is 2. The first kappa shape index (κ1) is 20.7. The number of nitrogens with one attached hydrogen (secondary N) is 2. The number of aromatic amines is 1. The van der Waals surface area contributed by atoms with Crippen molar-refractivity contribution in [1.82, 2.24) is 9.88 Å². The minimum absolute atomic E-state index is 0.0885. The first-order chi connectivity index (χ1) is 15.1. The number of hydrogen-bond acceptors (Lipinski definition) is 3. The summed E-state index contributed by atoms with van der Waals surface area (Å²) in [5.41, 5.74) is 10.8. The number of nitrogens with zero attached hydrogens (tertiary/aromatic N) is 2. The molecule has 1 fully saturated rings. The molecule has 2 heterocycles. The molecule has 1 aromatic heterocycles. The van der Waals surface area contributed by atoms with Gasteiger partial charge < -0.3 is 20.9 Å². The maximum Gasteiger partial charge on any atom is 0.255 e. The fourth-order valence-corrected chi connectivity index (χ4v) is 4.26. The molecule has 1 aliphatic rings. The first-order valence-corrected chi connectivity index (χ1v) is 10.7. The third-order valence-corrected chi connectivity index (χ3v) is 5.97. The highest BCUT2D eigenvalue weighted by atomic mass is 16.1. The number of aryl methyl sites for hydroxylation is 1. The molecular formula is C25H29N5O. The van der Waals surface area contributed by atoms with E-state index >= 15 is 0 Å². The summed E-state index contributed by atoms with van der Waals surface area (Å²) in [6.45, 7) is 3.85. The summed E-state index contributed by atoms with van der Waals surface area (Å²) in [4.78, 5) is 22.5. The fourth-order valence-electron chi connectivity index (χ4n) is 4.26. The topological polar surface area (TPSA) is 86.5 Å². The Morgan fingerprint density at radius 2 is 2.00 bits per heavy atom. The monoisotopic (exact) mass is 415 g/mol. The van der Waals surface area contributed by atoms with Gasteiger partial charge in [-0.1, -0.05) is 30.3 Å². The van der Waals surface area contributed by atoms with Crippen LogP contribution in [0.25, 0.3) is 0 Å². The van der Waals surface area contributed by atoms with Crippen LogP contribution in [0.5, 0.6) is 0 Å². The standard InChI is InChI=1S/C25H29N5O/c1-17-10-11-19(15-22(17)29-25(31)18-7-4-3-5-8-18)20-9-6-14-30(16-20)24(27-2)21-12-13-28-23(21)26/h3-5,7-8,10-13,15,20,28H,6,9,14,16,26H2,1-2H3,(H,29,31). The van der Waals surface area contributed by atoms with Crippen molar-refractivity contribution in [3.8, 4) is 0 Å². The van der Waals surface area contributed by atoms with Crippen LogP contribution < -0.4 is 11.1 Å². The maximum absolute atomic E-state index is 12.6. The van der Waals surface area contributed by atoms with Gasteiger partial charge in [0.2, 0.25) is 0 Å². The molecule has 4 rings (SSSR count). The Labute approximate surface area is 183 Å². The van der Waals surface area contributed by atoms with Gasteiger partial charge in [-0.15, -0.1) is 0 Å². The zero-order valence-corrected chi connectivity index (χ0v) is 18.1. The van der Waals surface area contributed by atoms with Crippen LogP contribution >= 0.6 is 0 Å². The van der Waals surface area contributed by atoms with Crippen LogP contribution in [0.3, 0.4) is 0 Å². The third-order valence-electron chi connectivity index (χ3n) is 5.97. The van der Waals surface area contributed by atoms with Crippen molar-refractivity contribution in [2.24, 2.45) is 4.99 Å². The van der Waals surface area contributed by atoms with E-state index in [0.29, 0.717) is 17.3 Å². The lowest BCUT2D eigenvalue weighted by Gasteiger charge is -2.35. The molecule has 6 nitrogen and oxygen atoms in total. The zero-order chi connectivity index (χ0) is 21.8. The lowest BCUT2D eigenvalue weighted by atomic mass is 9.89. The van der Waals surface area contributed by atoms with Crippen LogP contribution in [-0.2, 0) is 0 Å². The van der Waals surface area contributed by atoms with Gasteiger partial charge in [-0.25, -0.2) is 0 Å². The number of nitrogen functional groups attached to an aromatic ring is 1. The summed E-state index contributed by atoms with van der Waals surface area (Å²) in [6, 6.07) is 17.7. The Balaban J connectivity index is 1.53. The molecule has 3 aromatic rings. The SMILES string of the molecule is CN=C(c1cc[nH]c1N)N1CCCC(c2ccc(C)c(NC(=O)c3ccccc3)c2)C1. The second-order valence-corrected chi connectivity index (χ2v) is 8.03. The van der Waals surface area contributed by atoms with Crippen molar-refractivity contribution >= 4 is 23.2 Å². The Morgan fingerprint density at radius 1 is 1.19 bits per heavy atom. The van der Waals surface area contributed by atoms with E-state index < -0.39 is 0 Å². The summed E-state index contributed by atoms with van der Waals surface area (Å²) in [7, 11) is 1.81. The second kappa shape index (κ2) is 9.08. The van der Waals surface area contributed by atoms with E-state index in [1.54, 1.807) is 0 Å². The van der Waals surface area contributed by atoms with E-state index in [0.717, 1.165) is 48.6 Å². The van der Waals surface area contributed by atoms with Crippen LogP contribution in [0.1, 0.15) is 45.8 Å². The third kappa shape index (κ3) is 4.48. The summed E-state index contributed by atoms with van der Waals surface area (Å²) in [5.74, 6) is 1.84. The highest BCUT2D eigenvalue weighted by Crippen LogP contribution is 2.31. The molecule has 1 unspecified atom stereocenters. The predicted octanol–water partition coefficient (Wildman–Crippen LogP) is 4.41. The summed E-state index contributed by atoms with van der Waals surface area (Å²) < 4.78 is 0. The molecule has 1 atom stereocenters. The molecule has 0 bridgehead atoms. The van der Waals surface area contributed by atoms with Crippen molar-refractivity contribution in [2.45, 2.75) is 25.7 Å². The number of carbonyl (C=O) groups is 1. The Morgan fingerprint density at radius 3 is 2.71 bits per heavy atom. The lowest BCUT2D eigenvalue weighted by Crippen LogP contribution is -2.39. The molecule has 1 amide bonds. The molecule has 160 valence electrons. The van der Waals surface area contributed by atoms with Gasteiger partial charge in [0.15, 0.2) is 0 Å². The number of rotatable bonds is 4. The average Bonchev–Trinajstić information content (AvgIpc) is 3.22. The van der Waals surface area contributed by atoms with Crippen LogP contribution in [-0.4, -0.2) is 41.8 Å². The number of hydrogen-bond donors (Lipinski definition) is 3. The van der Waals surface area contributed by atoms with Crippen LogP contribution in [0.4, 0.5) is 11.5 Å². The summed E-state index contributed by atoms with van der Waals surface area (Å²) in [6.07, 6.45) is 4.03. The molecule has 0 spiro atoms. The normalized spacial score (nSPS) is 16.9. The highest BCUT2D eigenvalue weighted by Gasteiger charge is 2.26. The van der Waals surface area contributed by atoms with Crippen LogP contribution in [0, 0.1) is 6.92 Å². The van der Waals surface area contributed by atoms with Gasteiger partial charge in [0.05, 0.1) is 5.56 Å². The predicted molar refractivity (Wildman–Crippen MR) is 127 cm³/mol. The van der Waals surface area contributed by atoms with Gasteiger partial charge in [0.25, 0.3) is 5.91 Å². The minimum atomic E-state index is -0.0885. The molecule has 0 radical (unpaired) electrons. The number of aromatic nitrogens is 1. The number of carbonyl (C=O) groups excluding carboxylic acids is 1. The Bertz CT molecular complexity index is 1090. The average molecular weight is 416 g/mol. The molecule has 31 heavy (non-hydrogen) atoms. The molecular weight excluding hydrogens is 386 g/mol. The van der Waals surface area contributed by atoms with Crippen molar-refractivity contribution < 1.29 is 4.79 Å². The zero-order valence-electron chi connectivity index (χ0n) is 18.1. The number of aliphatic imine (C=N–C) groups is 1. The fraction of sp³-hybridized carbons (Fsp3) is 0.280. The van der Waals surface area contributed by atoms with Crippen molar-refractivity contribution in [3.05, 3.63) is 83.0 Å². The van der Waals surface area contributed by atoms with Crippen LogP contribution in [0.15, 0.2) is 65.8 Å². The summed E-state index contributed by atoms with van der Waals surface area (Å²) >= 11 is 0. The molecule has 0 saturated carbocycles. The summed E-state index contributed by atoms with van der Waals surface area (Å²) in [5, 5.41) is 3.08. The van der Waals surface area contributed by atoms with Gasteiger partial charge >= 0.3 is 0 Å². The molecule has 1 aliphatic heterocycles. The van der Waals surface area contributed by atoms with Gasteiger partial charge in [0.1, 0.15) is 11.7 Å². The second-order valence-electron chi connectivity index (χ2n) is 8.03. The van der Waals surface area contributed by atoms with E-state index in [9.17, 15) is 4.79 Å². The lowest BCUT2D eigenvalue weighted by molar-refractivity contribution is 0.102. The van der Waals surface area contributed by atoms with Gasteiger partial charge in [-0.3, -0.25) is 9.79 Å². The van der Waals surface area contributed by atoms with Gasteiger partial charge in [0, 0.05) is 43.5 Å². The van der Waals surface area contributed by atoms with E-state index in [4.69, 9.17) is 5.73 Å². The van der Waals surface area contributed by atoms with E-state index in [1.165, 1.54) is 5.56 Å². The molecule has 1 saturated heterocycles. The maximum atomic E-state index is 12.6. The number of benzene rings is 2. The van der Waals surface area contributed by atoms with Crippen molar-refractivity contribution in [1.29, 1.82) is 0 Å². The van der Waals surface area contributed by atoms with Gasteiger partial charge in [-0.2, -0.15) is 0 Å². The number of likely N-dealkylation sites (tertiary alicyclic amines) is 1. The number of amides is 1. The van der Waals surface area contributed by atoms with Crippen molar-refractivity contribution in [3.63, 3.8) is 0 Å². The van der Waals surface area contributed by atoms with Gasteiger partial charge in [-0.05, 0) is 55.2 Å².